The van der Waals surface area contributed by atoms with Crippen LogP contribution >= 0.6 is 0 Å². The Bertz CT molecular complexity index is 360. The van der Waals surface area contributed by atoms with Crippen LogP contribution < -0.4 is 5.32 Å². The molecule has 0 radical (unpaired) electrons. The molecule has 1 saturated heterocycles. The summed E-state index contributed by atoms with van der Waals surface area (Å²) >= 11 is 0. The van der Waals surface area contributed by atoms with E-state index in [-0.39, 0.29) is 31.6 Å². The zero-order valence-electron chi connectivity index (χ0n) is 11.1. The Balaban J connectivity index is 2.63. The summed E-state index contributed by atoms with van der Waals surface area (Å²) in [4.78, 5) is 37.1. The first-order valence-electron chi connectivity index (χ1n) is 6.08. The highest BCUT2D eigenvalue weighted by Gasteiger charge is 2.31. The molecular formula is C11H19N3O5. The van der Waals surface area contributed by atoms with Gasteiger partial charge >= 0.3 is 12.0 Å². The molecule has 1 aliphatic heterocycles. The van der Waals surface area contributed by atoms with Crippen molar-refractivity contribution in [1.29, 1.82) is 0 Å². The summed E-state index contributed by atoms with van der Waals surface area (Å²) in [6, 6.07) is -0.347. The van der Waals surface area contributed by atoms with E-state index in [1.807, 2.05) is 0 Å². The highest BCUT2D eigenvalue weighted by atomic mass is 16.5. The lowest BCUT2D eigenvalue weighted by atomic mass is 10.3. The van der Waals surface area contributed by atoms with E-state index in [4.69, 9.17) is 9.84 Å². The summed E-state index contributed by atoms with van der Waals surface area (Å²) < 4.78 is 5.04. The van der Waals surface area contributed by atoms with Crippen molar-refractivity contribution in [2.75, 3.05) is 39.8 Å². The maximum atomic E-state index is 12.2. The van der Waals surface area contributed by atoms with Gasteiger partial charge in [-0.15, -0.1) is 0 Å². The smallest absolute Gasteiger partial charge is 0.334 e. The van der Waals surface area contributed by atoms with Crippen LogP contribution in [0.1, 0.15) is 6.92 Å². The molecule has 2 N–H and O–H groups in total. The second-order valence-electron chi connectivity index (χ2n) is 4.11. The van der Waals surface area contributed by atoms with Gasteiger partial charge in [0.25, 0.3) is 0 Å². The summed E-state index contributed by atoms with van der Waals surface area (Å²) in [6.07, 6.45) is -1.00. The predicted octanol–water partition coefficient (Wildman–Crippen LogP) is -1.04. The summed E-state index contributed by atoms with van der Waals surface area (Å²) in [5.74, 6) is -1.36. The Kier molecular flexibility index (Phi) is 5.56. The number of hydrogen-bond donors (Lipinski definition) is 2. The van der Waals surface area contributed by atoms with Gasteiger partial charge in [-0.3, -0.25) is 4.79 Å². The number of morpholine rings is 1. The monoisotopic (exact) mass is 273 g/mol. The van der Waals surface area contributed by atoms with Crippen molar-refractivity contribution in [3.05, 3.63) is 0 Å². The molecule has 108 valence electrons. The van der Waals surface area contributed by atoms with Crippen LogP contribution in [0, 0.1) is 0 Å². The lowest BCUT2D eigenvalue weighted by Crippen LogP contribution is -2.54. The Morgan fingerprint density at radius 3 is 2.68 bits per heavy atom. The molecule has 0 aromatic carbocycles. The van der Waals surface area contributed by atoms with E-state index in [0.29, 0.717) is 13.1 Å². The normalized spacial score (nSPS) is 18.8. The van der Waals surface area contributed by atoms with Gasteiger partial charge in [0.05, 0.1) is 13.2 Å². The number of likely N-dealkylation sites (N-methyl/N-ethyl adjacent to an activating group) is 2. The minimum absolute atomic E-state index is 0.00158. The van der Waals surface area contributed by atoms with Crippen molar-refractivity contribution in [2.45, 2.75) is 13.0 Å². The number of nitrogens with one attached hydrogen (secondary N) is 1. The van der Waals surface area contributed by atoms with E-state index in [1.54, 1.807) is 6.92 Å². The van der Waals surface area contributed by atoms with Crippen molar-refractivity contribution >= 4 is 17.9 Å². The first kappa shape index (κ1) is 15.2. The van der Waals surface area contributed by atoms with Crippen LogP contribution in [0.25, 0.3) is 0 Å². The number of nitrogens with zero attached hydrogens (tertiary/aromatic N) is 2. The SMILES string of the molecule is CCN(CC(=O)NC)C(=O)N1CCOC(C(=O)O)C1. The van der Waals surface area contributed by atoms with Crippen molar-refractivity contribution in [2.24, 2.45) is 0 Å². The van der Waals surface area contributed by atoms with E-state index >= 15 is 0 Å². The molecule has 0 saturated carbocycles. The fraction of sp³-hybridized carbons (Fsp3) is 0.727. The van der Waals surface area contributed by atoms with Gasteiger partial charge in [0.2, 0.25) is 5.91 Å². The van der Waals surface area contributed by atoms with Gasteiger partial charge in [-0.25, -0.2) is 9.59 Å². The Morgan fingerprint density at radius 1 is 1.47 bits per heavy atom. The molecule has 8 heteroatoms. The summed E-state index contributed by atoms with van der Waals surface area (Å²) in [5.41, 5.74) is 0. The minimum atomic E-state index is -1.09. The fourth-order valence-electron chi connectivity index (χ4n) is 1.74. The minimum Gasteiger partial charge on any atom is -0.479 e. The Hall–Kier alpha value is -1.83. The summed E-state index contributed by atoms with van der Waals surface area (Å²) in [6.45, 7) is 2.60. The molecule has 1 rings (SSSR count). The molecular weight excluding hydrogens is 254 g/mol. The third kappa shape index (κ3) is 4.09. The number of carbonyl (C=O) groups excluding carboxylic acids is 2. The van der Waals surface area contributed by atoms with Crippen LogP contribution in [0.4, 0.5) is 4.79 Å². The molecule has 0 spiro atoms. The van der Waals surface area contributed by atoms with E-state index in [9.17, 15) is 14.4 Å². The first-order chi connectivity index (χ1) is 8.99. The first-order valence-corrected chi connectivity index (χ1v) is 6.08. The van der Waals surface area contributed by atoms with Gasteiger partial charge < -0.3 is 25.0 Å². The number of carboxylic acid groups (broad SMARTS) is 1. The van der Waals surface area contributed by atoms with Crippen molar-refractivity contribution < 1.29 is 24.2 Å². The average Bonchev–Trinajstić information content (AvgIpc) is 2.43. The van der Waals surface area contributed by atoms with Crippen LogP contribution in [0.5, 0.6) is 0 Å². The maximum absolute atomic E-state index is 12.2. The molecule has 0 bridgehead atoms. The quantitative estimate of drug-likeness (QED) is 0.681. The number of aliphatic carboxylic acids is 1. The number of ether oxygens (including phenoxy) is 1. The maximum Gasteiger partial charge on any atom is 0.334 e. The van der Waals surface area contributed by atoms with E-state index < -0.39 is 12.1 Å². The second kappa shape index (κ2) is 6.93. The van der Waals surface area contributed by atoms with Crippen LogP contribution in [-0.2, 0) is 14.3 Å². The predicted molar refractivity (Wildman–Crippen MR) is 65.7 cm³/mol. The molecule has 1 aliphatic rings. The molecule has 3 amide bonds. The average molecular weight is 273 g/mol. The van der Waals surface area contributed by atoms with Crippen molar-refractivity contribution in [3.8, 4) is 0 Å². The molecule has 0 aliphatic carbocycles. The van der Waals surface area contributed by atoms with Crippen LogP contribution in [0.3, 0.4) is 0 Å². The third-order valence-electron chi connectivity index (χ3n) is 2.88. The van der Waals surface area contributed by atoms with Gasteiger partial charge in [-0.2, -0.15) is 0 Å². The van der Waals surface area contributed by atoms with Gasteiger partial charge in [0.1, 0.15) is 6.54 Å². The number of amides is 3. The van der Waals surface area contributed by atoms with Crippen molar-refractivity contribution in [1.82, 2.24) is 15.1 Å². The van der Waals surface area contributed by atoms with E-state index in [1.165, 1.54) is 16.8 Å². The molecule has 19 heavy (non-hydrogen) atoms. The van der Waals surface area contributed by atoms with Gasteiger partial charge in [-0.05, 0) is 6.92 Å². The summed E-state index contributed by atoms with van der Waals surface area (Å²) in [7, 11) is 1.50. The van der Waals surface area contributed by atoms with Crippen LogP contribution in [0.15, 0.2) is 0 Å². The zero-order chi connectivity index (χ0) is 14.4. The molecule has 1 atom stereocenters. The molecule has 0 aromatic heterocycles. The van der Waals surface area contributed by atoms with Gasteiger partial charge in [0.15, 0.2) is 6.10 Å². The lowest BCUT2D eigenvalue weighted by Gasteiger charge is -2.34. The molecule has 8 nitrogen and oxygen atoms in total. The number of carbonyl (C=O) groups is 3. The Labute approximate surface area is 111 Å². The molecule has 1 heterocycles. The lowest BCUT2D eigenvalue weighted by molar-refractivity contribution is -0.154. The Morgan fingerprint density at radius 2 is 2.16 bits per heavy atom. The number of hydrogen-bond acceptors (Lipinski definition) is 4. The molecule has 1 unspecified atom stereocenters. The number of urea groups is 1. The molecule has 0 aromatic rings. The van der Waals surface area contributed by atoms with E-state index in [2.05, 4.69) is 5.32 Å². The summed E-state index contributed by atoms with van der Waals surface area (Å²) in [5, 5.41) is 11.3. The zero-order valence-corrected chi connectivity index (χ0v) is 11.1. The highest BCUT2D eigenvalue weighted by molar-refractivity contribution is 5.84. The third-order valence-corrected chi connectivity index (χ3v) is 2.88. The fourth-order valence-corrected chi connectivity index (χ4v) is 1.74. The standard InChI is InChI=1S/C11H19N3O5/c1-3-13(7-9(15)12-2)11(18)14-4-5-19-8(6-14)10(16)17/h8H,3-7H2,1-2H3,(H,12,15)(H,16,17). The molecule has 1 fully saturated rings. The van der Waals surface area contributed by atoms with Gasteiger partial charge in [0, 0.05) is 20.1 Å². The van der Waals surface area contributed by atoms with Crippen LogP contribution in [0.2, 0.25) is 0 Å². The topological polar surface area (TPSA) is 99.2 Å². The highest BCUT2D eigenvalue weighted by Crippen LogP contribution is 2.08. The number of rotatable bonds is 4. The van der Waals surface area contributed by atoms with E-state index in [0.717, 1.165) is 0 Å². The largest absolute Gasteiger partial charge is 0.479 e. The second-order valence-corrected chi connectivity index (χ2v) is 4.11. The van der Waals surface area contributed by atoms with Crippen molar-refractivity contribution in [3.63, 3.8) is 0 Å². The van der Waals surface area contributed by atoms with Crippen LogP contribution in [-0.4, -0.2) is 78.8 Å². The number of carboxylic acids is 1. The van der Waals surface area contributed by atoms with Gasteiger partial charge in [-0.1, -0.05) is 0 Å².